The molecule has 0 saturated carbocycles. The van der Waals surface area contributed by atoms with Crippen molar-refractivity contribution in [3.63, 3.8) is 0 Å². The highest BCUT2D eigenvalue weighted by Crippen LogP contribution is 2.37. The predicted octanol–water partition coefficient (Wildman–Crippen LogP) is 4.55. The SMILES string of the molecule is COc1ccc(-c2nc(C(=O)N3CCC(N4CCCCC4=O)CC3)c([C@H](C)N)o2)c2ccc(C(F)(F)F)nc12. The number of carbonyl (C=O) groups is 2. The molecule has 0 aliphatic carbocycles. The third kappa shape index (κ3) is 5.17. The van der Waals surface area contributed by atoms with Crippen molar-refractivity contribution in [2.24, 2.45) is 5.73 Å². The van der Waals surface area contributed by atoms with E-state index in [0.717, 1.165) is 25.5 Å². The van der Waals surface area contributed by atoms with Gasteiger partial charge in [-0.1, -0.05) is 0 Å². The maximum absolute atomic E-state index is 13.5. The van der Waals surface area contributed by atoms with E-state index in [4.69, 9.17) is 14.9 Å². The molecule has 208 valence electrons. The lowest BCUT2D eigenvalue weighted by Crippen LogP contribution is -2.50. The Bertz CT molecular complexity index is 1400. The fourth-order valence-electron chi connectivity index (χ4n) is 5.35. The first-order valence-corrected chi connectivity index (χ1v) is 13.0. The molecule has 12 heteroatoms. The van der Waals surface area contributed by atoms with Crippen molar-refractivity contribution >= 4 is 22.7 Å². The van der Waals surface area contributed by atoms with Gasteiger partial charge >= 0.3 is 6.18 Å². The number of piperidine rings is 2. The van der Waals surface area contributed by atoms with E-state index in [2.05, 4.69) is 9.97 Å². The lowest BCUT2D eigenvalue weighted by molar-refractivity contribution is -0.141. The quantitative estimate of drug-likeness (QED) is 0.500. The topological polar surface area (TPSA) is 115 Å². The van der Waals surface area contributed by atoms with Crippen LogP contribution in [0.25, 0.3) is 22.4 Å². The number of pyridine rings is 1. The zero-order valence-corrected chi connectivity index (χ0v) is 21.8. The summed E-state index contributed by atoms with van der Waals surface area (Å²) in [5, 5.41) is 0.325. The number of halogens is 3. The molecule has 2 aliphatic rings. The largest absolute Gasteiger partial charge is 0.494 e. The number of hydrogen-bond acceptors (Lipinski definition) is 7. The number of amides is 2. The summed E-state index contributed by atoms with van der Waals surface area (Å²) in [6.45, 7) is 3.35. The lowest BCUT2D eigenvalue weighted by Gasteiger charge is -2.40. The highest BCUT2D eigenvalue weighted by molar-refractivity contribution is 5.98. The Morgan fingerprint density at radius 3 is 2.51 bits per heavy atom. The Morgan fingerprint density at radius 2 is 1.87 bits per heavy atom. The van der Waals surface area contributed by atoms with Gasteiger partial charge in [-0.3, -0.25) is 9.59 Å². The van der Waals surface area contributed by atoms with Gasteiger partial charge < -0.3 is 24.7 Å². The molecule has 2 fully saturated rings. The van der Waals surface area contributed by atoms with Crippen LogP contribution < -0.4 is 10.5 Å². The molecule has 4 heterocycles. The summed E-state index contributed by atoms with van der Waals surface area (Å²) in [4.78, 5) is 37.8. The van der Waals surface area contributed by atoms with E-state index < -0.39 is 17.9 Å². The summed E-state index contributed by atoms with van der Waals surface area (Å²) in [5.74, 6) is 0.233. The fourth-order valence-corrected chi connectivity index (χ4v) is 5.35. The van der Waals surface area contributed by atoms with Crippen LogP contribution in [0.1, 0.15) is 67.0 Å². The molecule has 2 saturated heterocycles. The maximum Gasteiger partial charge on any atom is 0.433 e. The van der Waals surface area contributed by atoms with E-state index in [0.29, 0.717) is 43.3 Å². The number of alkyl halides is 3. The summed E-state index contributed by atoms with van der Waals surface area (Å²) < 4.78 is 51.2. The standard InChI is InChI=1S/C27H30F3N5O4/c1-15(31)24-23(26(37)34-13-10-16(11-14-34)35-12-4-3-5-21(35)36)33-25(39-24)18-6-8-19(38-2)22-17(18)7-9-20(32-22)27(28,29)30/h6-9,15-16H,3-5,10-14,31H2,1-2H3/t15-/m0/s1. The Balaban J connectivity index is 1.44. The van der Waals surface area contributed by atoms with Gasteiger partial charge in [0.2, 0.25) is 11.8 Å². The minimum atomic E-state index is -4.63. The first-order chi connectivity index (χ1) is 18.6. The number of rotatable bonds is 5. The lowest BCUT2D eigenvalue weighted by atomic mass is 9.99. The summed E-state index contributed by atoms with van der Waals surface area (Å²) in [7, 11) is 1.34. The number of nitrogens with zero attached hydrogens (tertiary/aromatic N) is 4. The Morgan fingerprint density at radius 1 is 1.13 bits per heavy atom. The molecular formula is C27H30F3N5O4. The minimum absolute atomic E-state index is 0.00687. The van der Waals surface area contributed by atoms with Crippen molar-refractivity contribution in [1.29, 1.82) is 0 Å². The molecule has 3 aromatic rings. The van der Waals surface area contributed by atoms with Gasteiger partial charge in [-0.05, 0) is 56.9 Å². The van der Waals surface area contributed by atoms with Crippen molar-refractivity contribution in [3.05, 3.63) is 41.4 Å². The predicted molar refractivity (Wildman–Crippen MR) is 136 cm³/mol. The average Bonchev–Trinajstić information content (AvgIpc) is 3.37. The number of likely N-dealkylation sites (tertiary alicyclic amines) is 2. The van der Waals surface area contributed by atoms with E-state index in [-0.39, 0.29) is 46.5 Å². The molecule has 1 aromatic carbocycles. The molecule has 39 heavy (non-hydrogen) atoms. The van der Waals surface area contributed by atoms with Crippen LogP contribution in [0.5, 0.6) is 5.75 Å². The summed E-state index contributed by atoms with van der Waals surface area (Å²) in [5.41, 5.74) is 5.49. The van der Waals surface area contributed by atoms with Crippen LogP contribution in [-0.4, -0.2) is 64.4 Å². The molecule has 2 N–H and O–H groups in total. The summed E-state index contributed by atoms with van der Waals surface area (Å²) >= 11 is 0. The van der Waals surface area contributed by atoms with Gasteiger partial charge in [0.15, 0.2) is 11.5 Å². The normalized spacial score (nSPS) is 18.1. The van der Waals surface area contributed by atoms with Gasteiger partial charge in [0.25, 0.3) is 5.91 Å². The number of ether oxygens (including phenoxy) is 1. The Hall–Kier alpha value is -3.67. The molecule has 5 rings (SSSR count). The number of methoxy groups -OCH3 is 1. The first kappa shape index (κ1) is 26.9. The number of fused-ring (bicyclic) bond motifs is 1. The van der Waals surface area contributed by atoms with Crippen molar-refractivity contribution in [3.8, 4) is 17.2 Å². The van der Waals surface area contributed by atoms with Crippen molar-refractivity contribution in [1.82, 2.24) is 19.8 Å². The van der Waals surface area contributed by atoms with E-state index in [1.807, 2.05) is 4.90 Å². The second-order valence-corrected chi connectivity index (χ2v) is 9.99. The van der Waals surface area contributed by atoms with E-state index in [1.165, 1.54) is 19.2 Å². The van der Waals surface area contributed by atoms with E-state index in [9.17, 15) is 22.8 Å². The number of carbonyl (C=O) groups excluding carboxylic acids is 2. The van der Waals surface area contributed by atoms with Crippen LogP contribution in [0, 0.1) is 0 Å². The average molecular weight is 546 g/mol. The number of aromatic nitrogens is 2. The third-order valence-electron chi connectivity index (χ3n) is 7.38. The smallest absolute Gasteiger partial charge is 0.433 e. The fraction of sp³-hybridized carbons (Fsp3) is 0.481. The van der Waals surface area contributed by atoms with E-state index in [1.54, 1.807) is 17.9 Å². The highest BCUT2D eigenvalue weighted by Gasteiger charge is 2.35. The molecule has 1 atom stereocenters. The van der Waals surface area contributed by atoms with Gasteiger partial charge in [0.05, 0.1) is 13.2 Å². The van der Waals surface area contributed by atoms with Crippen molar-refractivity contribution < 1.29 is 31.9 Å². The molecule has 0 radical (unpaired) electrons. The second kappa shape index (κ2) is 10.5. The van der Waals surface area contributed by atoms with Gasteiger partial charge in [0.1, 0.15) is 17.0 Å². The van der Waals surface area contributed by atoms with Gasteiger partial charge in [-0.2, -0.15) is 13.2 Å². The minimum Gasteiger partial charge on any atom is -0.494 e. The van der Waals surface area contributed by atoms with Crippen LogP contribution in [-0.2, 0) is 11.0 Å². The Labute approximate surface area is 223 Å². The van der Waals surface area contributed by atoms with Crippen molar-refractivity contribution in [2.75, 3.05) is 26.7 Å². The zero-order chi connectivity index (χ0) is 27.9. The first-order valence-electron chi connectivity index (χ1n) is 13.0. The molecule has 2 aliphatic heterocycles. The number of hydrogen-bond donors (Lipinski definition) is 1. The summed E-state index contributed by atoms with van der Waals surface area (Å²) in [6, 6.07) is 4.70. The molecule has 0 unspecified atom stereocenters. The van der Waals surface area contributed by atoms with Crippen molar-refractivity contribution in [2.45, 2.75) is 57.3 Å². The van der Waals surface area contributed by atoms with Crippen LogP contribution in [0.15, 0.2) is 28.7 Å². The van der Waals surface area contributed by atoms with Gasteiger partial charge in [-0.15, -0.1) is 0 Å². The Kier molecular flexibility index (Phi) is 7.23. The van der Waals surface area contributed by atoms with E-state index >= 15 is 0 Å². The van der Waals surface area contributed by atoms with Crippen LogP contribution in [0.3, 0.4) is 0 Å². The van der Waals surface area contributed by atoms with Gasteiger partial charge in [0, 0.05) is 43.0 Å². The molecule has 0 spiro atoms. The second-order valence-electron chi connectivity index (χ2n) is 9.99. The molecular weight excluding hydrogens is 515 g/mol. The molecule has 2 amide bonds. The summed E-state index contributed by atoms with van der Waals surface area (Å²) in [6.07, 6.45) is -0.792. The van der Waals surface area contributed by atoms with Crippen LogP contribution >= 0.6 is 0 Å². The molecule has 2 aromatic heterocycles. The molecule has 9 nitrogen and oxygen atoms in total. The number of oxazole rings is 1. The number of benzene rings is 1. The van der Waals surface area contributed by atoms with Gasteiger partial charge in [-0.25, -0.2) is 9.97 Å². The monoisotopic (exact) mass is 545 g/mol. The van der Waals surface area contributed by atoms with Crippen LogP contribution in [0.4, 0.5) is 13.2 Å². The zero-order valence-electron chi connectivity index (χ0n) is 21.8. The number of nitrogens with two attached hydrogens (primary N) is 1. The third-order valence-corrected chi connectivity index (χ3v) is 7.38. The van der Waals surface area contributed by atoms with Crippen LogP contribution in [0.2, 0.25) is 0 Å². The highest BCUT2D eigenvalue weighted by atomic mass is 19.4. The molecule has 0 bridgehead atoms. The maximum atomic E-state index is 13.5.